The molecule has 48 valence electrons. The molecule has 0 spiro atoms. The molecule has 0 amide bonds. The standard InChI is InChI=1S/C7H8O2/c1-2-5-3-4-6(5)7(8)9/h2H,1,3-4H2,(H,8,9). The van der Waals surface area contributed by atoms with Gasteiger partial charge in [0.1, 0.15) is 0 Å². The van der Waals surface area contributed by atoms with Gasteiger partial charge in [-0.3, -0.25) is 0 Å². The van der Waals surface area contributed by atoms with Crippen LogP contribution in [0.2, 0.25) is 0 Å². The van der Waals surface area contributed by atoms with Gasteiger partial charge in [-0.2, -0.15) is 0 Å². The van der Waals surface area contributed by atoms with Gasteiger partial charge in [0.05, 0.1) is 0 Å². The van der Waals surface area contributed by atoms with Crippen molar-refractivity contribution in [1.82, 2.24) is 0 Å². The molecular weight excluding hydrogens is 116 g/mol. The molecule has 0 unspecified atom stereocenters. The summed E-state index contributed by atoms with van der Waals surface area (Å²) in [4.78, 5) is 10.2. The van der Waals surface area contributed by atoms with Gasteiger partial charge in [0.2, 0.25) is 0 Å². The van der Waals surface area contributed by atoms with Gasteiger partial charge in [-0.25, -0.2) is 4.79 Å². The second-order valence-corrected chi connectivity index (χ2v) is 2.01. The average molecular weight is 124 g/mol. The summed E-state index contributed by atoms with van der Waals surface area (Å²) in [5.41, 5.74) is 1.42. The second kappa shape index (κ2) is 2.05. The number of rotatable bonds is 2. The molecule has 2 heteroatoms. The maximum atomic E-state index is 10.2. The summed E-state index contributed by atoms with van der Waals surface area (Å²) >= 11 is 0. The van der Waals surface area contributed by atoms with Crippen LogP contribution in [-0.4, -0.2) is 11.1 Å². The van der Waals surface area contributed by atoms with Gasteiger partial charge in [0.15, 0.2) is 0 Å². The molecule has 0 radical (unpaired) electrons. The Morgan fingerprint density at radius 3 is 2.44 bits per heavy atom. The van der Waals surface area contributed by atoms with Crippen LogP contribution in [-0.2, 0) is 4.79 Å². The predicted octanol–water partition coefficient (Wildman–Crippen LogP) is 1.35. The minimum Gasteiger partial charge on any atom is -0.478 e. The van der Waals surface area contributed by atoms with Gasteiger partial charge in [-0.1, -0.05) is 12.7 Å². The zero-order valence-corrected chi connectivity index (χ0v) is 5.05. The molecule has 1 rings (SSSR count). The van der Waals surface area contributed by atoms with E-state index in [0.29, 0.717) is 12.0 Å². The van der Waals surface area contributed by atoms with E-state index < -0.39 is 5.97 Å². The highest BCUT2D eigenvalue weighted by Gasteiger charge is 2.19. The van der Waals surface area contributed by atoms with Crippen molar-refractivity contribution in [2.75, 3.05) is 0 Å². The van der Waals surface area contributed by atoms with Crippen LogP contribution in [0.15, 0.2) is 23.8 Å². The van der Waals surface area contributed by atoms with Crippen LogP contribution in [0.3, 0.4) is 0 Å². The van der Waals surface area contributed by atoms with E-state index in [0.717, 1.165) is 12.0 Å². The highest BCUT2D eigenvalue weighted by atomic mass is 16.4. The summed E-state index contributed by atoms with van der Waals surface area (Å²) in [7, 11) is 0. The lowest BCUT2D eigenvalue weighted by atomic mass is 9.89. The maximum Gasteiger partial charge on any atom is 0.331 e. The normalized spacial score (nSPS) is 16.9. The highest BCUT2D eigenvalue weighted by Crippen LogP contribution is 2.27. The molecule has 0 aromatic carbocycles. The lowest BCUT2D eigenvalue weighted by Crippen LogP contribution is -2.11. The minimum atomic E-state index is -0.795. The minimum absolute atomic E-state index is 0.532. The first kappa shape index (κ1) is 6.08. The number of carboxylic acid groups (broad SMARTS) is 1. The monoisotopic (exact) mass is 124 g/mol. The van der Waals surface area contributed by atoms with Crippen LogP contribution in [0.4, 0.5) is 0 Å². The number of aliphatic carboxylic acids is 1. The molecule has 0 atom stereocenters. The van der Waals surface area contributed by atoms with E-state index >= 15 is 0 Å². The Morgan fingerprint density at radius 2 is 2.33 bits per heavy atom. The Kier molecular flexibility index (Phi) is 1.39. The third-order valence-electron chi connectivity index (χ3n) is 1.54. The smallest absolute Gasteiger partial charge is 0.331 e. The van der Waals surface area contributed by atoms with E-state index in [1.165, 1.54) is 0 Å². The van der Waals surface area contributed by atoms with Crippen molar-refractivity contribution >= 4 is 5.97 Å². The zero-order chi connectivity index (χ0) is 6.85. The fourth-order valence-electron chi connectivity index (χ4n) is 0.864. The Labute approximate surface area is 53.5 Å². The number of carbonyl (C=O) groups is 1. The summed E-state index contributed by atoms with van der Waals surface area (Å²) < 4.78 is 0. The van der Waals surface area contributed by atoms with Crippen molar-refractivity contribution in [1.29, 1.82) is 0 Å². The van der Waals surface area contributed by atoms with E-state index in [1.807, 2.05) is 0 Å². The summed E-state index contributed by atoms with van der Waals surface area (Å²) in [5, 5.41) is 8.43. The lowest BCUT2D eigenvalue weighted by molar-refractivity contribution is -0.133. The van der Waals surface area contributed by atoms with Crippen LogP contribution < -0.4 is 0 Å². The maximum absolute atomic E-state index is 10.2. The summed E-state index contributed by atoms with van der Waals surface area (Å²) in [6.07, 6.45) is 3.20. The van der Waals surface area contributed by atoms with Crippen molar-refractivity contribution in [3.8, 4) is 0 Å². The molecule has 1 N–H and O–H groups in total. The molecule has 9 heavy (non-hydrogen) atoms. The molecular formula is C7H8O2. The Morgan fingerprint density at radius 1 is 1.67 bits per heavy atom. The molecule has 0 saturated heterocycles. The molecule has 0 fully saturated rings. The Hall–Kier alpha value is -1.05. The SMILES string of the molecule is C=CC1=C(C(=O)O)CC1. The van der Waals surface area contributed by atoms with Gasteiger partial charge in [-0.15, -0.1) is 0 Å². The topological polar surface area (TPSA) is 37.3 Å². The molecule has 0 aromatic rings. The third kappa shape index (κ3) is 0.875. The first-order valence-electron chi connectivity index (χ1n) is 2.83. The molecule has 0 saturated carbocycles. The fourth-order valence-corrected chi connectivity index (χ4v) is 0.864. The summed E-state index contributed by atoms with van der Waals surface area (Å²) in [5.74, 6) is -0.795. The van der Waals surface area contributed by atoms with E-state index in [2.05, 4.69) is 6.58 Å². The number of hydrogen-bond donors (Lipinski definition) is 1. The second-order valence-electron chi connectivity index (χ2n) is 2.01. The molecule has 1 aliphatic carbocycles. The molecule has 0 aromatic heterocycles. The largest absolute Gasteiger partial charge is 0.478 e. The van der Waals surface area contributed by atoms with Gasteiger partial charge < -0.3 is 5.11 Å². The van der Waals surface area contributed by atoms with Gasteiger partial charge in [0, 0.05) is 5.57 Å². The quantitative estimate of drug-likeness (QED) is 0.603. The van der Waals surface area contributed by atoms with E-state index in [4.69, 9.17) is 5.11 Å². The van der Waals surface area contributed by atoms with E-state index in [-0.39, 0.29) is 0 Å². The van der Waals surface area contributed by atoms with Crippen LogP contribution in [0.5, 0.6) is 0 Å². The van der Waals surface area contributed by atoms with Crippen molar-refractivity contribution < 1.29 is 9.90 Å². The molecule has 2 nitrogen and oxygen atoms in total. The van der Waals surface area contributed by atoms with E-state index in [1.54, 1.807) is 6.08 Å². The van der Waals surface area contributed by atoms with E-state index in [9.17, 15) is 4.79 Å². The molecule has 0 aliphatic heterocycles. The van der Waals surface area contributed by atoms with Crippen LogP contribution >= 0.6 is 0 Å². The lowest BCUT2D eigenvalue weighted by Gasteiger charge is -2.16. The first-order valence-corrected chi connectivity index (χ1v) is 2.83. The van der Waals surface area contributed by atoms with Crippen LogP contribution in [0, 0.1) is 0 Å². The van der Waals surface area contributed by atoms with Crippen molar-refractivity contribution in [2.24, 2.45) is 0 Å². The van der Waals surface area contributed by atoms with Crippen molar-refractivity contribution in [3.63, 3.8) is 0 Å². The molecule has 0 bridgehead atoms. The van der Waals surface area contributed by atoms with Crippen LogP contribution in [0.25, 0.3) is 0 Å². The summed E-state index contributed by atoms with van der Waals surface area (Å²) in [6, 6.07) is 0. The Balaban J connectivity index is 2.81. The zero-order valence-electron chi connectivity index (χ0n) is 5.05. The van der Waals surface area contributed by atoms with Gasteiger partial charge in [-0.05, 0) is 18.4 Å². The average Bonchev–Trinajstić information content (AvgIpc) is 1.61. The van der Waals surface area contributed by atoms with Gasteiger partial charge in [0.25, 0.3) is 0 Å². The highest BCUT2D eigenvalue weighted by molar-refractivity contribution is 5.90. The fraction of sp³-hybridized carbons (Fsp3) is 0.286. The third-order valence-corrected chi connectivity index (χ3v) is 1.54. The predicted molar refractivity (Wildman–Crippen MR) is 34.1 cm³/mol. The molecule has 0 heterocycles. The number of allylic oxidation sites excluding steroid dienone is 2. The van der Waals surface area contributed by atoms with Crippen molar-refractivity contribution in [3.05, 3.63) is 23.8 Å². The first-order chi connectivity index (χ1) is 4.25. The number of carboxylic acids is 1. The van der Waals surface area contributed by atoms with Gasteiger partial charge >= 0.3 is 5.97 Å². The van der Waals surface area contributed by atoms with Crippen molar-refractivity contribution in [2.45, 2.75) is 12.8 Å². The van der Waals surface area contributed by atoms with Crippen LogP contribution in [0.1, 0.15) is 12.8 Å². The molecule has 1 aliphatic rings. The number of hydrogen-bond acceptors (Lipinski definition) is 1. The summed E-state index contributed by atoms with van der Waals surface area (Å²) in [6.45, 7) is 3.49. The Bertz CT molecular complexity index is 189.